The lowest BCUT2D eigenvalue weighted by atomic mass is 10.0. The van der Waals surface area contributed by atoms with Crippen molar-refractivity contribution in [3.8, 4) is 16.2 Å². The maximum Gasteiger partial charge on any atom is 0.191 e. The molecule has 0 aliphatic carbocycles. The van der Waals surface area contributed by atoms with E-state index in [9.17, 15) is 5.11 Å². The van der Waals surface area contributed by atoms with Crippen LogP contribution in [0.3, 0.4) is 0 Å². The Kier molecular flexibility index (Phi) is 4.06. The minimum absolute atomic E-state index is 0.332. The number of nitrogens with zero attached hydrogens (tertiary/aromatic N) is 3. The zero-order valence-corrected chi connectivity index (χ0v) is 16.3. The molecule has 27 heavy (non-hydrogen) atoms. The smallest absolute Gasteiger partial charge is 0.191 e. The third-order valence-corrected chi connectivity index (χ3v) is 5.88. The fourth-order valence-electron chi connectivity index (χ4n) is 3.28. The third kappa shape index (κ3) is 2.73. The van der Waals surface area contributed by atoms with Gasteiger partial charge in [0.1, 0.15) is 17.6 Å². The molecule has 1 atom stereocenters. The highest BCUT2D eigenvalue weighted by Crippen LogP contribution is 2.45. The molecule has 0 spiro atoms. The number of aryl methyl sites for hydroxylation is 1. The summed E-state index contributed by atoms with van der Waals surface area (Å²) in [5.41, 5.74) is 9.21. The molecular weight excluding hydrogens is 364 g/mol. The summed E-state index contributed by atoms with van der Waals surface area (Å²) in [6, 6.07) is 6.17. The summed E-state index contributed by atoms with van der Waals surface area (Å²) in [6.45, 7) is 3.62. The monoisotopic (exact) mass is 384 g/mol. The normalized spacial score (nSPS) is 14.0. The van der Waals surface area contributed by atoms with E-state index in [1.807, 2.05) is 13.0 Å². The van der Waals surface area contributed by atoms with Gasteiger partial charge in [-0.05, 0) is 36.9 Å². The van der Waals surface area contributed by atoms with Crippen LogP contribution in [0, 0.1) is 6.92 Å². The quantitative estimate of drug-likeness (QED) is 0.524. The molecule has 1 aromatic carbocycles. The summed E-state index contributed by atoms with van der Waals surface area (Å²) in [7, 11) is 3.12. The molecule has 3 heterocycles. The van der Waals surface area contributed by atoms with E-state index in [0.29, 0.717) is 16.9 Å². The second kappa shape index (κ2) is 6.19. The van der Waals surface area contributed by atoms with E-state index in [1.54, 1.807) is 36.1 Å². The molecule has 4 rings (SSSR count). The first kappa shape index (κ1) is 17.7. The first-order valence-corrected chi connectivity index (χ1v) is 9.15. The van der Waals surface area contributed by atoms with Crippen molar-refractivity contribution in [1.29, 1.82) is 0 Å². The van der Waals surface area contributed by atoms with Gasteiger partial charge in [-0.1, -0.05) is 6.07 Å². The average Bonchev–Trinajstić information content (AvgIpc) is 3.23. The van der Waals surface area contributed by atoms with Crippen molar-refractivity contribution in [3.63, 3.8) is 0 Å². The van der Waals surface area contributed by atoms with Gasteiger partial charge in [-0.3, -0.25) is 0 Å². The predicted molar refractivity (Wildman–Crippen MR) is 106 cm³/mol. The van der Waals surface area contributed by atoms with Crippen LogP contribution in [0.15, 0.2) is 30.7 Å². The Labute approximate surface area is 160 Å². The Morgan fingerprint density at radius 2 is 2.04 bits per heavy atom. The first-order valence-electron chi connectivity index (χ1n) is 8.34. The average molecular weight is 384 g/mol. The predicted octanol–water partition coefficient (Wildman–Crippen LogP) is 3.32. The van der Waals surface area contributed by atoms with Gasteiger partial charge in [-0.25, -0.2) is 9.50 Å². The number of nitrogen functional groups attached to an aromatic ring is 1. The second-order valence-electron chi connectivity index (χ2n) is 6.54. The van der Waals surface area contributed by atoms with Crippen molar-refractivity contribution in [1.82, 2.24) is 14.6 Å². The lowest BCUT2D eigenvalue weighted by Crippen LogP contribution is -2.23. The summed E-state index contributed by atoms with van der Waals surface area (Å²) in [5.74, 6) is -0.362. The van der Waals surface area contributed by atoms with E-state index >= 15 is 0 Å². The molecular formula is C19H20N4O3S. The number of ether oxygens (including phenoxy) is 2. The van der Waals surface area contributed by atoms with Crippen LogP contribution < -0.4 is 10.5 Å². The number of rotatable bonds is 4. The van der Waals surface area contributed by atoms with Crippen LogP contribution in [-0.2, 0) is 10.5 Å². The Bertz CT molecular complexity index is 1160. The maximum atomic E-state index is 10.8. The van der Waals surface area contributed by atoms with E-state index in [-0.39, 0.29) is 0 Å². The number of hydrogen-bond acceptors (Lipinski definition) is 7. The lowest BCUT2D eigenvalue weighted by Gasteiger charge is -2.21. The second-order valence-corrected chi connectivity index (χ2v) is 7.59. The van der Waals surface area contributed by atoms with Crippen LogP contribution in [-0.4, -0.2) is 33.9 Å². The molecule has 4 aromatic rings. The highest BCUT2D eigenvalue weighted by Gasteiger charge is 2.31. The number of anilines is 1. The van der Waals surface area contributed by atoms with Crippen molar-refractivity contribution in [2.24, 2.45) is 0 Å². The van der Waals surface area contributed by atoms with Gasteiger partial charge in [0.2, 0.25) is 0 Å². The molecule has 8 heteroatoms. The van der Waals surface area contributed by atoms with Crippen LogP contribution in [0.1, 0.15) is 18.1 Å². The number of nitrogens with two attached hydrogens (primary N) is 1. The van der Waals surface area contributed by atoms with Gasteiger partial charge in [-0.15, -0.1) is 11.3 Å². The molecule has 0 radical (unpaired) electrons. The highest BCUT2D eigenvalue weighted by molar-refractivity contribution is 7.22. The maximum absolute atomic E-state index is 10.8. The van der Waals surface area contributed by atoms with Gasteiger partial charge in [0.05, 0.1) is 11.8 Å². The highest BCUT2D eigenvalue weighted by atomic mass is 32.1. The summed E-state index contributed by atoms with van der Waals surface area (Å²) in [6.07, 6.45) is 3.10. The van der Waals surface area contributed by atoms with Gasteiger partial charge in [-0.2, -0.15) is 5.10 Å². The van der Waals surface area contributed by atoms with Crippen LogP contribution in [0.25, 0.3) is 26.0 Å². The summed E-state index contributed by atoms with van der Waals surface area (Å²) < 4.78 is 13.5. The van der Waals surface area contributed by atoms with Gasteiger partial charge < -0.3 is 20.3 Å². The Morgan fingerprint density at radius 3 is 2.74 bits per heavy atom. The molecule has 0 aliphatic rings. The molecule has 140 valence electrons. The van der Waals surface area contributed by atoms with Crippen molar-refractivity contribution in [3.05, 3.63) is 41.9 Å². The lowest BCUT2D eigenvalue weighted by molar-refractivity contribution is -0.178. The van der Waals surface area contributed by atoms with Gasteiger partial charge in [0.25, 0.3) is 0 Å². The van der Waals surface area contributed by atoms with Crippen LogP contribution in [0.4, 0.5) is 5.82 Å². The third-order valence-electron chi connectivity index (χ3n) is 4.69. The standard InChI is InChI=1S/C19H20N4O3S/c1-10-5-11-7-14(27-17(11)13(6-10)25-3)15-12(19(2,24)26-4)8-23-16(15)18(20)21-9-22-23/h5-9,24H,1-4H3,(H2,20,21,22). The van der Waals surface area contributed by atoms with Gasteiger partial charge in [0, 0.05) is 29.3 Å². The van der Waals surface area contributed by atoms with E-state index in [4.69, 9.17) is 15.2 Å². The largest absolute Gasteiger partial charge is 0.495 e. The van der Waals surface area contributed by atoms with E-state index in [0.717, 1.165) is 31.8 Å². The number of thiophene rings is 1. The number of benzene rings is 1. The molecule has 0 saturated carbocycles. The molecule has 0 bridgehead atoms. The van der Waals surface area contributed by atoms with E-state index < -0.39 is 5.79 Å². The number of aromatic nitrogens is 3. The molecule has 7 nitrogen and oxygen atoms in total. The Hall–Kier alpha value is -2.68. The van der Waals surface area contributed by atoms with Crippen molar-refractivity contribution in [2.45, 2.75) is 19.6 Å². The summed E-state index contributed by atoms with van der Waals surface area (Å²) >= 11 is 1.56. The fraction of sp³-hybridized carbons (Fsp3) is 0.263. The fourth-order valence-corrected chi connectivity index (χ4v) is 4.48. The molecule has 3 aromatic heterocycles. The molecule has 1 unspecified atom stereocenters. The Balaban J connectivity index is 2.09. The number of fused-ring (bicyclic) bond motifs is 2. The zero-order valence-electron chi connectivity index (χ0n) is 15.5. The van der Waals surface area contributed by atoms with Crippen molar-refractivity contribution >= 4 is 32.8 Å². The number of methoxy groups -OCH3 is 2. The Morgan fingerprint density at radius 1 is 1.26 bits per heavy atom. The molecule has 0 fully saturated rings. The first-order chi connectivity index (χ1) is 12.9. The van der Waals surface area contributed by atoms with Crippen LogP contribution >= 0.6 is 11.3 Å². The number of hydrogen-bond donors (Lipinski definition) is 2. The van der Waals surface area contributed by atoms with Gasteiger partial charge >= 0.3 is 0 Å². The molecule has 0 saturated heterocycles. The van der Waals surface area contributed by atoms with Gasteiger partial charge in [0.15, 0.2) is 11.6 Å². The minimum atomic E-state index is -1.51. The minimum Gasteiger partial charge on any atom is -0.495 e. The zero-order chi connectivity index (χ0) is 19.3. The summed E-state index contributed by atoms with van der Waals surface area (Å²) in [5, 5.41) is 16.1. The topological polar surface area (TPSA) is 94.9 Å². The number of aliphatic hydroxyl groups is 1. The van der Waals surface area contributed by atoms with Crippen molar-refractivity contribution < 1.29 is 14.6 Å². The van der Waals surface area contributed by atoms with E-state index in [2.05, 4.69) is 22.2 Å². The summed E-state index contributed by atoms with van der Waals surface area (Å²) in [4.78, 5) is 5.04. The SMILES string of the molecule is COc1cc(C)cc2cc(-c3c(C(C)(O)OC)cn4ncnc(N)c34)sc12. The van der Waals surface area contributed by atoms with E-state index in [1.165, 1.54) is 13.4 Å². The van der Waals surface area contributed by atoms with Crippen molar-refractivity contribution in [2.75, 3.05) is 20.0 Å². The van der Waals surface area contributed by atoms with Crippen LogP contribution in [0.5, 0.6) is 5.75 Å². The molecule has 0 aliphatic heterocycles. The van der Waals surface area contributed by atoms with Crippen LogP contribution in [0.2, 0.25) is 0 Å². The molecule has 0 amide bonds. The molecule has 3 N–H and O–H groups in total.